The molecule has 4 N–H and O–H groups in total. The van der Waals surface area contributed by atoms with Crippen LogP contribution in [0.3, 0.4) is 0 Å². The van der Waals surface area contributed by atoms with Gasteiger partial charge in [-0.2, -0.15) is 0 Å². The Kier molecular flexibility index (Phi) is 8.35. The Morgan fingerprint density at radius 1 is 0.774 bits per heavy atom. The molecule has 1 unspecified atom stereocenters. The third-order valence-electron chi connectivity index (χ3n) is 5.54. The number of benzene rings is 3. The highest BCUT2D eigenvalue weighted by Gasteiger charge is 2.12. The molecule has 3 aromatic rings. The maximum Gasteiger partial charge on any atom is 0.130 e. The number of rotatable bonds is 10. The lowest BCUT2D eigenvalue weighted by molar-refractivity contribution is 0.514. The van der Waals surface area contributed by atoms with Crippen LogP contribution in [0.5, 0.6) is 0 Å². The van der Waals surface area contributed by atoms with Crippen LogP contribution in [0, 0.1) is 5.82 Å². The van der Waals surface area contributed by atoms with E-state index in [2.05, 4.69) is 79.9 Å². The van der Waals surface area contributed by atoms with E-state index in [0.717, 1.165) is 23.2 Å². The Labute approximate surface area is 185 Å². The van der Waals surface area contributed by atoms with Crippen LogP contribution >= 0.6 is 0 Å². The van der Waals surface area contributed by atoms with Gasteiger partial charge < -0.3 is 16.4 Å². The normalized spacial score (nSPS) is 12.3. The van der Waals surface area contributed by atoms with Crippen LogP contribution in [-0.4, -0.2) is 12.1 Å². The van der Waals surface area contributed by atoms with Gasteiger partial charge in [0.2, 0.25) is 0 Å². The summed E-state index contributed by atoms with van der Waals surface area (Å²) in [5.74, 6) is -0.0929. The van der Waals surface area contributed by atoms with Crippen LogP contribution < -0.4 is 16.4 Å². The van der Waals surface area contributed by atoms with Crippen molar-refractivity contribution in [1.82, 2.24) is 10.6 Å². The van der Waals surface area contributed by atoms with Crippen LogP contribution in [0.15, 0.2) is 66.7 Å². The fourth-order valence-electron chi connectivity index (χ4n) is 3.70. The Morgan fingerprint density at radius 2 is 1.42 bits per heavy atom. The fourth-order valence-corrected chi connectivity index (χ4v) is 3.70. The zero-order chi connectivity index (χ0) is 22.2. The average molecular weight is 420 g/mol. The number of hydrogen-bond acceptors (Lipinski definition) is 3. The minimum Gasteiger partial charge on any atom is -0.326 e. The van der Waals surface area contributed by atoms with E-state index in [1.165, 1.54) is 16.7 Å². The van der Waals surface area contributed by atoms with Gasteiger partial charge in [0.05, 0.1) is 0 Å². The molecule has 0 saturated heterocycles. The summed E-state index contributed by atoms with van der Waals surface area (Å²) in [6.45, 7) is 8.07. The maximum absolute atomic E-state index is 14.9. The van der Waals surface area contributed by atoms with Crippen molar-refractivity contribution in [2.45, 2.75) is 58.9 Å². The summed E-state index contributed by atoms with van der Waals surface area (Å²) in [4.78, 5) is 0. The molecule has 0 aliphatic carbocycles. The van der Waals surface area contributed by atoms with E-state index in [4.69, 9.17) is 5.73 Å². The third-order valence-corrected chi connectivity index (χ3v) is 5.54. The number of nitrogens with one attached hydrogen (secondary N) is 2. The molecule has 0 spiro atoms. The van der Waals surface area contributed by atoms with Gasteiger partial charge in [0.15, 0.2) is 0 Å². The highest BCUT2D eigenvalue weighted by molar-refractivity contribution is 5.67. The molecule has 3 rings (SSSR count). The molecule has 31 heavy (non-hydrogen) atoms. The van der Waals surface area contributed by atoms with Gasteiger partial charge >= 0.3 is 0 Å². The Morgan fingerprint density at radius 3 is 2.13 bits per heavy atom. The molecule has 3 nitrogen and oxygen atoms in total. The summed E-state index contributed by atoms with van der Waals surface area (Å²) >= 11 is 0. The molecule has 3 aromatic carbocycles. The van der Waals surface area contributed by atoms with E-state index >= 15 is 0 Å². The summed E-state index contributed by atoms with van der Waals surface area (Å²) in [7, 11) is 0. The molecule has 4 heteroatoms. The van der Waals surface area contributed by atoms with Crippen molar-refractivity contribution in [3.63, 3.8) is 0 Å². The van der Waals surface area contributed by atoms with E-state index in [1.807, 2.05) is 18.2 Å². The summed E-state index contributed by atoms with van der Waals surface area (Å²) in [6.07, 6.45) is 0.648. The first-order valence-electron chi connectivity index (χ1n) is 11.1. The highest BCUT2D eigenvalue weighted by Crippen LogP contribution is 2.24. The first kappa shape index (κ1) is 23.1. The van der Waals surface area contributed by atoms with Crippen LogP contribution in [0.25, 0.3) is 11.1 Å². The van der Waals surface area contributed by atoms with Crippen LogP contribution in [-0.2, 0) is 26.1 Å². The van der Waals surface area contributed by atoms with Crippen molar-refractivity contribution < 1.29 is 4.39 Å². The second-order valence-corrected chi connectivity index (χ2v) is 8.47. The van der Waals surface area contributed by atoms with Crippen molar-refractivity contribution in [3.8, 4) is 11.1 Å². The summed E-state index contributed by atoms with van der Waals surface area (Å²) < 4.78 is 14.9. The smallest absolute Gasteiger partial charge is 0.130 e. The van der Waals surface area contributed by atoms with Gasteiger partial charge in [0.25, 0.3) is 0 Å². The SMILES string of the molecule is CC(C)NCc1cccc(CC(C)NCc2ccccc2-c2ccc(CN)cc2)c1F. The van der Waals surface area contributed by atoms with Crippen molar-refractivity contribution in [1.29, 1.82) is 0 Å². The molecule has 0 saturated carbocycles. The van der Waals surface area contributed by atoms with Gasteiger partial charge in [-0.15, -0.1) is 0 Å². The molecule has 1 atom stereocenters. The Bertz CT molecular complexity index is 966. The van der Waals surface area contributed by atoms with Crippen molar-refractivity contribution >= 4 is 0 Å². The average Bonchev–Trinajstić information content (AvgIpc) is 2.78. The molecular formula is C27H34FN3. The topological polar surface area (TPSA) is 50.1 Å². The van der Waals surface area contributed by atoms with Crippen LogP contribution in [0.2, 0.25) is 0 Å². The number of nitrogens with two attached hydrogens (primary N) is 1. The molecule has 0 heterocycles. The first-order valence-corrected chi connectivity index (χ1v) is 11.1. The molecule has 0 aliphatic rings. The second kappa shape index (κ2) is 11.2. The molecule has 0 aromatic heterocycles. The van der Waals surface area contributed by atoms with Gasteiger partial charge in [-0.1, -0.05) is 80.6 Å². The van der Waals surface area contributed by atoms with Crippen molar-refractivity contribution in [2.75, 3.05) is 0 Å². The van der Waals surface area contributed by atoms with E-state index in [-0.39, 0.29) is 11.9 Å². The van der Waals surface area contributed by atoms with Crippen molar-refractivity contribution in [3.05, 3.63) is 94.8 Å². The standard InChI is InChI=1S/C27H34FN3/c1-19(2)30-18-25-9-6-8-23(27(25)28)15-20(3)31-17-24-7-4-5-10-26(24)22-13-11-21(16-29)12-14-22/h4-14,19-20,30-31H,15-18,29H2,1-3H3. The van der Waals surface area contributed by atoms with E-state index in [9.17, 15) is 4.39 Å². The molecule has 0 bridgehead atoms. The lowest BCUT2D eigenvalue weighted by Gasteiger charge is -2.18. The first-order chi connectivity index (χ1) is 15.0. The largest absolute Gasteiger partial charge is 0.326 e. The monoisotopic (exact) mass is 419 g/mol. The molecule has 164 valence electrons. The Hall–Kier alpha value is -2.53. The second-order valence-electron chi connectivity index (χ2n) is 8.47. The van der Waals surface area contributed by atoms with Gasteiger partial charge in [-0.05, 0) is 41.2 Å². The number of hydrogen-bond donors (Lipinski definition) is 3. The van der Waals surface area contributed by atoms with E-state index in [0.29, 0.717) is 25.6 Å². The molecular weight excluding hydrogens is 385 g/mol. The highest BCUT2D eigenvalue weighted by atomic mass is 19.1. The molecule has 0 radical (unpaired) electrons. The molecule has 0 aliphatic heterocycles. The Balaban J connectivity index is 1.65. The van der Waals surface area contributed by atoms with E-state index < -0.39 is 0 Å². The van der Waals surface area contributed by atoms with Crippen LogP contribution in [0.1, 0.15) is 43.0 Å². The summed E-state index contributed by atoms with van der Waals surface area (Å²) in [5.41, 5.74) is 11.9. The van der Waals surface area contributed by atoms with Gasteiger partial charge in [0.1, 0.15) is 5.82 Å². The molecule has 0 fully saturated rings. The minimum atomic E-state index is -0.0929. The summed E-state index contributed by atoms with van der Waals surface area (Å²) in [6, 6.07) is 23.0. The van der Waals surface area contributed by atoms with E-state index in [1.54, 1.807) is 0 Å². The quantitative estimate of drug-likeness (QED) is 0.425. The zero-order valence-electron chi connectivity index (χ0n) is 18.8. The molecule has 0 amide bonds. The predicted molar refractivity (Wildman–Crippen MR) is 128 cm³/mol. The number of halogens is 1. The van der Waals surface area contributed by atoms with Gasteiger partial charge in [-0.25, -0.2) is 4.39 Å². The third kappa shape index (κ3) is 6.47. The lowest BCUT2D eigenvalue weighted by Crippen LogP contribution is -2.28. The van der Waals surface area contributed by atoms with Gasteiger partial charge in [0, 0.05) is 37.3 Å². The summed E-state index contributed by atoms with van der Waals surface area (Å²) in [5, 5.41) is 6.87. The van der Waals surface area contributed by atoms with Gasteiger partial charge in [-0.3, -0.25) is 0 Å². The van der Waals surface area contributed by atoms with Crippen LogP contribution in [0.4, 0.5) is 4.39 Å². The minimum absolute atomic E-state index is 0.0929. The predicted octanol–water partition coefficient (Wildman–Crippen LogP) is 5.17. The van der Waals surface area contributed by atoms with Crippen molar-refractivity contribution in [2.24, 2.45) is 5.73 Å². The fraction of sp³-hybridized carbons (Fsp3) is 0.333. The lowest BCUT2D eigenvalue weighted by atomic mass is 9.98. The zero-order valence-corrected chi connectivity index (χ0v) is 18.8. The maximum atomic E-state index is 14.9.